The highest BCUT2D eigenvalue weighted by molar-refractivity contribution is 5.85. The summed E-state index contributed by atoms with van der Waals surface area (Å²) >= 11 is 0. The molecule has 1 rings (SSSR count). The normalized spacial score (nSPS) is 11.2. The minimum absolute atomic E-state index is 0. The molecule has 0 aliphatic rings. The van der Waals surface area contributed by atoms with E-state index in [-0.39, 0.29) is 18.4 Å². The van der Waals surface area contributed by atoms with Crippen molar-refractivity contribution in [2.24, 2.45) is 5.73 Å². The van der Waals surface area contributed by atoms with Crippen molar-refractivity contribution in [3.63, 3.8) is 0 Å². The number of nitrogens with two attached hydrogens (primary N) is 2. The molecule has 0 fully saturated rings. The first-order chi connectivity index (χ1) is 5.63. The molecule has 13 heavy (non-hydrogen) atoms. The first-order valence-electron chi connectivity index (χ1n) is 3.69. The van der Waals surface area contributed by atoms with Crippen LogP contribution >= 0.6 is 12.4 Å². The van der Waals surface area contributed by atoms with Crippen LogP contribution in [0.4, 0.5) is 5.69 Å². The fraction of sp³-hybridized carbons (Fsp3) is 0.222. The van der Waals surface area contributed by atoms with E-state index >= 15 is 0 Å². The van der Waals surface area contributed by atoms with E-state index in [9.17, 15) is 0 Å². The fourth-order valence-electron chi connectivity index (χ4n) is 1.00. The van der Waals surface area contributed by atoms with Crippen LogP contribution in [-0.4, -0.2) is 0 Å². The van der Waals surface area contributed by atoms with Crippen molar-refractivity contribution in [3.05, 3.63) is 29.3 Å². The van der Waals surface area contributed by atoms with E-state index in [0.29, 0.717) is 11.3 Å². The number of anilines is 1. The van der Waals surface area contributed by atoms with Crippen molar-refractivity contribution in [2.75, 3.05) is 5.73 Å². The second kappa shape index (κ2) is 4.70. The Kier molecular flexibility index (Phi) is 4.26. The lowest BCUT2D eigenvalue weighted by molar-refractivity contribution is 0.818. The SMILES string of the molecule is C[C@@H](N)c1cc(N)cc(C#N)c1.Cl. The monoisotopic (exact) mass is 197 g/mol. The van der Waals surface area contributed by atoms with Crippen molar-refractivity contribution in [1.82, 2.24) is 0 Å². The molecule has 4 heteroatoms. The molecule has 1 aromatic carbocycles. The fourth-order valence-corrected chi connectivity index (χ4v) is 1.00. The summed E-state index contributed by atoms with van der Waals surface area (Å²) in [6.07, 6.45) is 0. The minimum atomic E-state index is -0.0828. The minimum Gasteiger partial charge on any atom is -0.399 e. The molecule has 1 aromatic rings. The van der Waals surface area contributed by atoms with Gasteiger partial charge >= 0.3 is 0 Å². The van der Waals surface area contributed by atoms with Crippen LogP contribution in [0.1, 0.15) is 24.1 Å². The molecule has 0 saturated heterocycles. The van der Waals surface area contributed by atoms with Gasteiger partial charge in [0.1, 0.15) is 0 Å². The van der Waals surface area contributed by atoms with Gasteiger partial charge in [-0.15, -0.1) is 12.4 Å². The molecule has 0 aliphatic heterocycles. The van der Waals surface area contributed by atoms with Gasteiger partial charge in [-0.1, -0.05) is 0 Å². The molecule has 4 N–H and O–H groups in total. The molecule has 0 aromatic heterocycles. The zero-order valence-electron chi connectivity index (χ0n) is 7.32. The Morgan fingerprint density at radius 2 is 2.00 bits per heavy atom. The van der Waals surface area contributed by atoms with E-state index in [1.807, 2.05) is 13.0 Å². The summed E-state index contributed by atoms with van der Waals surface area (Å²) in [7, 11) is 0. The van der Waals surface area contributed by atoms with E-state index in [4.69, 9.17) is 16.7 Å². The van der Waals surface area contributed by atoms with Crippen LogP contribution in [0.5, 0.6) is 0 Å². The predicted molar refractivity (Wildman–Crippen MR) is 55.4 cm³/mol. The molecule has 0 unspecified atom stereocenters. The molecule has 0 heterocycles. The third kappa shape index (κ3) is 2.94. The highest BCUT2D eigenvalue weighted by Crippen LogP contribution is 2.16. The number of nitrogens with zero attached hydrogens (tertiary/aromatic N) is 1. The van der Waals surface area contributed by atoms with Crippen LogP contribution in [0.15, 0.2) is 18.2 Å². The third-order valence-corrected chi connectivity index (χ3v) is 1.63. The maximum absolute atomic E-state index is 8.62. The zero-order valence-corrected chi connectivity index (χ0v) is 8.14. The Morgan fingerprint density at radius 3 is 2.46 bits per heavy atom. The van der Waals surface area contributed by atoms with Gasteiger partial charge in [-0.3, -0.25) is 0 Å². The molecule has 0 aliphatic carbocycles. The summed E-state index contributed by atoms with van der Waals surface area (Å²) in [6, 6.07) is 7.11. The van der Waals surface area contributed by atoms with Gasteiger partial charge in [-0.2, -0.15) is 5.26 Å². The lowest BCUT2D eigenvalue weighted by atomic mass is 10.1. The lowest BCUT2D eigenvalue weighted by Gasteiger charge is -2.06. The van der Waals surface area contributed by atoms with Gasteiger partial charge < -0.3 is 11.5 Å². The Morgan fingerprint density at radius 1 is 1.38 bits per heavy atom. The van der Waals surface area contributed by atoms with Gasteiger partial charge in [0.05, 0.1) is 11.6 Å². The van der Waals surface area contributed by atoms with E-state index in [1.54, 1.807) is 18.2 Å². The Hall–Kier alpha value is -1.24. The molecule has 0 radical (unpaired) electrons. The van der Waals surface area contributed by atoms with Crippen LogP contribution in [0, 0.1) is 11.3 Å². The molecule has 70 valence electrons. The van der Waals surface area contributed by atoms with Crippen molar-refractivity contribution in [2.45, 2.75) is 13.0 Å². The predicted octanol–water partition coefficient (Wildman–Crippen LogP) is 1.58. The molecule has 0 amide bonds. The van der Waals surface area contributed by atoms with E-state index in [0.717, 1.165) is 5.56 Å². The maximum Gasteiger partial charge on any atom is 0.0992 e. The van der Waals surface area contributed by atoms with E-state index in [2.05, 4.69) is 0 Å². The Balaban J connectivity index is 0.00000144. The second-order valence-corrected chi connectivity index (χ2v) is 2.79. The van der Waals surface area contributed by atoms with Crippen molar-refractivity contribution in [1.29, 1.82) is 5.26 Å². The van der Waals surface area contributed by atoms with Crippen LogP contribution in [0.25, 0.3) is 0 Å². The van der Waals surface area contributed by atoms with Crippen LogP contribution < -0.4 is 11.5 Å². The van der Waals surface area contributed by atoms with E-state index < -0.39 is 0 Å². The number of rotatable bonds is 1. The number of nitriles is 1. The molecule has 0 spiro atoms. The van der Waals surface area contributed by atoms with Gasteiger partial charge in [-0.25, -0.2) is 0 Å². The smallest absolute Gasteiger partial charge is 0.0992 e. The van der Waals surface area contributed by atoms with Crippen molar-refractivity contribution in [3.8, 4) is 6.07 Å². The van der Waals surface area contributed by atoms with Crippen LogP contribution in [-0.2, 0) is 0 Å². The number of hydrogen-bond acceptors (Lipinski definition) is 3. The van der Waals surface area contributed by atoms with Crippen molar-refractivity contribution < 1.29 is 0 Å². The molecule has 0 bridgehead atoms. The first-order valence-corrected chi connectivity index (χ1v) is 3.69. The largest absolute Gasteiger partial charge is 0.399 e. The summed E-state index contributed by atoms with van der Waals surface area (Å²) in [6.45, 7) is 1.86. The van der Waals surface area contributed by atoms with Crippen LogP contribution in [0.2, 0.25) is 0 Å². The standard InChI is InChI=1S/C9H11N3.ClH/c1-6(11)8-2-7(5-10)3-9(12)4-8;/h2-4,6H,11-12H2,1H3;1H/t6-;/m1./s1. The number of hydrogen-bond donors (Lipinski definition) is 2. The number of nitrogen functional groups attached to an aromatic ring is 1. The average molecular weight is 198 g/mol. The number of benzene rings is 1. The summed E-state index contributed by atoms with van der Waals surface area (Å²) in [5, 5.41) is 8.62. The van der Waals surface area contributed by atoms with Gasteiger partial charge in [0.25, 0.3) is 0 Å². The summed E-state index contributed by atoms with van der Waals surface area (Å²) in [4.78, 5) is 0. The first kappa shape index (κ1) is 11.8. The Bertz CT molecular complexity index is 328. The molecular weight excluding hydrogens is 186 g/mol. The highest BCUT2D eigenvalue weighted by Gasteiger charge is 2.01. The maximum atomic E-state index is 8.62. The summed E-state index contributed by atoms with van der Waals surface area (Å²) in [5.41, 5.74) is 13.2. The van der Waals surface area contributed by atoms with Gasteiger partial charge in [0, 0.05) is 11.7 Å². The summed E-state index contributed by atoms with van der Waals surface area (Å²) in [5.74, 6) is 0. The van der Waals surface area contributed by atoms with Crippen LogP contribution in [0.3, 0.4) is 0 Å². The third-order valence-electron chi connectivity index (χ3n) is 1.63. The highest BCUT2D eigenvalue weighted by atomic mass is 35.5. The second-order valence-electron chi connectivity index (χ2n) is 2.79. The van der Waals surface area contributed by atoms with Crippen molar-refractivity contribution >= 4 is 18.1 Å². The average Bonchev–Trinajstić information content (AvgIpc) is 2.03. The van der Waals surface area contributed by atoms with Gasteiger partial charge in [0.2, 0.25) is 0 Å². The summed E-state index contributed by atoms with van der Waals surface area (Å²) < 4.78 is 0. The topological polar surface area (TPSA) is 75.8 Å². The molecule has 0 saturated carbocycles. The quantitative estimate of drug-likeness (QED) is 0.672. The molecule has 1 atom stereocenters. The molecular formula is C9H12ClN3. The lowest BCUT2D eigenvalue weighted by Crippen LogP contribution is -2.05. The molecule has 3 nitrogen and oxygen atoms in total. The Labute approximate surface area is 83.8 Å². The van der Waals surface area contributed by atoms with Gasteiger partial charge in [-0.05, 0) is 30.7 Å². The number of halogens is 1. The van der Waals surface area contributed by atoms with E-state index in [1.165, 1.54) is 0 Å². The van der Waals surface area contributed by atoms with Gasteiger partial charge in [0.15, 0.2) is 0 Å². The zero-order chi connectivity index (χ0) is 9.14.